The van der Waals surface area contributed by atoms with Crippen LogP contribution < -0.4 is 10.2 Å². The van der Waals surface area contributed by atoms with E-state index in [0.29, 0.717) is 11.3 Å². The zero-order chi connectivity index (χ0) is 16.8. The molecule has 5 nitrogen and oxygen atoms in total. The molecule has 2 aromatic carbocycles. The molecule has 0 aliphatic carbocycles. The average molecular weight is 312 g/mol. The summed E-state index contributed by atoms with van der Waals surface area (Å²) >= 11 is 0. The summed E-state index contributed by atoms with van der Waals surface area (Å²) in [7, 11) is 0. The Kier molecular flexibility index (Phi) is 5.36. The Bertz CT molecular complexity index is 726. The van der Waals surface area contributed by atoms with E-state index in [4.69, 9.17) is 4.74 Å². The van der Waals surface area contributed by atoms with Crippen LogP contribution >= 0.6 is 0 Å². The van der Waals surface area contributed by atoms with Crippen LogP contribution in [0.15, 0.2) is 47.6 Å². The van der Waals surface area contributed by atoms with Gasteiger partial charge in [-0.05, 0) is 61.7 Å². The maximum Gasteiger partial charge on any atom is 0.280 e. The minimum Gasteiger partial charge on any atom is -0.508 e. The SMILES string of the molecule is Cc1ccc(OC(C)C(=O)N/N=C/c2cccc(O)c2)cc1C. The number of amides is 1. The van der Waals surface area contributed by atoms with E-state index in [9.17, 15) is 9.90 Å². The molecule has 5 heteroatoms. The number of carbonyl (C=O) groups excluding carboxylic acids is 1. The molecule has 1 atom stereocenters. The molecule has 23 heavy (non-hydrogen) atoms. The highest BCUT2D eigenvalue weighted by Crippen LogP contribution is 2.17. The van der Waals surface area contributed by atoms with Crippen molar-refractivity contribution in [2.24, 2.45) is 5.10 Å². The summed E-state index contributed by atoms with van der Waals surface area (Å²) in [5, 5.41) is 13.2. The Morgan fingerprint density at radius 1 is 1.22 bits per heavy atom. The Morgan fingerprint density at radius 3 is 2.70 bits per heavy atom. The zero-order valence-electron chi connectivity index (χ0n) is 13.4. The van der Waals surface area contributed by atoms with Crippen LogP contribution in [0.2, 0.25) is 0 Å². The number of nitrogens with zero attached hydrogens (tertiary/aromatic N) is 1. The lowest BCUT2D eigenvalue weighted by molar-refractivity contribution is -0.127. The van der Waals surface area contributed by atoms with Gasteiger partial charge < -0.3 is 9.84 Å². The van der Waals surface area contributed by atoms with Crippen molar-refractivity contribution in [2.45, 2.75) is 26.9 Å². The lowest BCUT2D eigenvalue weighted by atomic mass is 10.1. The van der Waals surface area contributed by atoms with Gasteiger partial charge in [0.15, 0.2) is 6.10 Å². The van der Waals surface area contributed by atoms with Crippen LogP contribution in [0.4, 0.5) is 0 Å². The second kappa shape index (κ2) is 7.45. The number of ether oxygens (including phenoxy) is 1. The molecule has 0 saturated heterocycles. The number of aryl methyl sites for hydroxylation is 2. The Morgan fingerprint density at radius 2 is 2.00 bits per heavy atom. The van der Waals surface area contributed by atoms with Crippen molar-refractivity contribution in [3.8, 4) is 11.5 Å². The number of carbonyl (C=O) groups is 1. The molecule has 0 aromatic heterocycles. The van der Waals surface area contributed by atoms with E-state index in [-0.39, 0.29) is 11.7 Å². The van der Waals surface area contributed by atoms with Crippen molar-refractivity contribution in [2.75, 3.05) is 0 Å². The van der Waals surface area contributed by atoms with Gasteiger partial charge >= 0.3 is 0 Å². The zero-order valence-corrected chi connectivity index (χ0v) is 13.4. The third-order valence-corrected chi connectivity index (χ3v) is 3.42. The monoisotopic (exact) mass is 312 g/mol. The van der Waals surface area contributed by atoms with Gasteiger partial charge in [0, 0.05) is 0 Å². The third kappa shape index (κ3) is 4.85. The minimum atomic E-state index is -0.668. The van der Waals surface area contributed by atoms with E-state index in [1.807, 2.05) is 32.0 Å². The largest absolute Gasteiger partial charge is 0.508 e. The highest BCUT2D eigenvalue weighted by Gasteiger charge is 2.14. The number of aromatic hydroxyl groups is 1. The first-order valence-corrected chi connectivity index (χ1v) is 7.31. The molecule has 0 radical (unpaired) electrons. The molecule has 0 bridgehead atoms. The fraction of sp³-hybridized carbons (Fsp3) is 0.222. The summed E-state index contributed by atoms with van der Waals surface area (Å²) < 4.78 is 5.61. The van der Waals surface area contributed by atoms with E-state index in [1.165, 1.54) is 11.8 Å². The van der Waals surface area contributed by atoms with Gasteiger partial charge in [-0.1, -0.05) is 18.2 Å². The van der Waals surface area contributed by atoms with Crippen LogP contribution in [-0.2, 0) is 4.79 Å². The first-order chi connectivity index (χ1) is 11.0. The molecule has 0 saturated carbocycles. The molecule has 0 heterocycles. The van der Waals surface area contributed by atoms with Gasteiger partial charge in [-0.15, -0.1) is 0 Å². The molecular weight excluding hydrogens is 292 g/mol. The predicted molar refractivity (Wildman–Crippen MR) is 89.8 cm³/mol. The van der Waals surface area contributed by atoms with E-state index in [1.54, 1.807) is 31.2 Å². The summed E-state index contributed by atoms with van der Waals surface area (Å²) in [5.74, 6) is 0.444. The number of phenolic OH excluding ortho intramolecular Hbond substituents is 1. The Balaban J connectivity index is 1.90. The maximum absolute atomic E-state index is 12.0. The van der Waals surface area contributed by atoms with Crippen molar-refractivity contribution in [1.29, 1.82) is 0 Å². The van der Waals surface area contributed by atoms with E-state index < -0.39 is 6.10 Å². The molecule has 0 fully saturated rings. The van der Waals surface area contributed by atoms with E-state index in [2.05, 4.69) is 10.5 Å². The number of hydrazone groups is 1. The van der Waals surface area contributed by atoms with Crippen molar-refractivity contribution in [3.63, 3.8) is 0 Å². The molecule has 0 aliphatic heterocycles. The predicted octanol–water partition coefficient (Wildman–Crippen LogP) is 2.93. The fourth-order valence-electron chi connectivity index (χ4n) is 1.91. The standard InChI is InChI=1S/C18H20N2O3/c1-12-7-8-17(9-13(12)2)23-14(3)18(22)20-19-11-15-5-4-6-16(21)10-15/h4-11,14,21H,1-3H3,(H,20,22)/b19-11+. The fourth-order valence-corrected chi connectivity index (χ4v) is 1.91. The highest BCUT2D eigenvalue weighted by atomic mass is 16.5. The van der Waals surface area contributed by atoms with Crippen LogP contribution in [0, 0.1) is 13.8 Å². The van der Waals surface area contributed by atoms with Crippen molar-refractivity contribution in [1.82, 2.24) is 5.43 Å². The molecule has 0 aliphatic rings. The first-order valence-electron chi connectivity index (χ1n) is 7.31. The van der Waals surface area contributed by atoms with E-state index >= 15 is 0 Å². The average Bonchev–Trinajstić information content (AvgIpc) is 2.51. The quantitative estimate of drug-likeness (QED) is 0.659. The Hall–Kier alpha value is -2.82. The van der Waals surface area contributed by atoms with Crippen LogP contribution in [0.3, 0.4) is 0 Å². The lowest BCUT2D eigenvalue weighted by Gasteiger charge is -2.14. The molecular formula is C18H20N2O3. The van der Waals surface area contributed by atoms with Gasteiger partial charge in [0.25, 0.3) is 5.91 Å². The number of benzene rings is 2. The smallest absolute Gasteiger partial charge is 0.280 e. The van der Waals surface area contributed by atoms with Crippen LogP contribution in [0.25, 0.3) is 0 Å². The number of rotatable bonds is 5. The summed E-state index contributed by atoms with van der Waals surface area (Å²) in [6, 6.07) is 12.3. The van der Waals surface area contributed by atoms with Gasteiger partial charge in [0.1, 0.15) is 11.5 Å². The summed E-state index contributed by atoms with van der Waals surface area (Å²) in [5.41, 5.74) is 5.39. The highest BCUT2D eigenvalue weighted by molar-refractivity contribution is 5.84. The number of nitrogens with one attached hydrogen (secondary N) is 1. The maximum atomic E-state index is 12.0. The topological polar surface area (TPSA) is 70.9 Å². The van der Waals surface area contributed by atoms with Gasteiger partial charge in [0.05, 0.1) is 6.21 Å². The number of hydrogen-bond acceptors (Lipinski definition) is 4. The molecule has 2 N–H and O–H groups in total. The van der Waals surface area contributed by atoms with Crippen molar-refractivity contribution in [3.05, 3.63) is 59.2 Å². The van der Waals surface area contributed by atoms with Gasteiger partial charge in [-0.25, -0.2) is 5.43 Å². The summed E-state index contributed by atoms with van der Waals surface area (Å²) in [6.07, 6.45) is 0.791. The molecule has 2 aromatic rings. The van der Waals surface area contributed by atoms with Crippen molar-refractivity contribution < 1.29 is 14.6 Å². The normalized spacial score (nSPS) is 12.1. The molecule has 2 rings (SSSR count). The van der Waals surface area contributed by atoms with Crippen LogP contribution in [0.5, 0.6) is 11.5 Å². The lowest BCUT2D eigenvalue weighted by Crippen LogP contribution is -2.33. The van der Waals surface area contributed by atoms with Crippen LogP contribution in [-0.4, -0.2) is 23.3 Å². The first kappa shape index (κ1) is 16.5. The second-order valence-corrected chi connectivity index (χ2v) is 5.34. The van der Waals surface area contributed by atoms with Crippen LogP contribution in [0.1, 0.15) is 23.6 Å². The summed E-state index contributed by atoms with van der Waals surface area (Å²) in [4.78, 5) is 12.0. The molecule has 120 valence electrons. The number of phenols is 1. The van der Waals surface area contributed by atoms with E-state index in [0.717, 1.165) is 5.56 Å². The molecule has 1 amide bonds. The minimum absolute atomic E-state index is 0.145. The van der Waals surface area contributed by atoms with Gasteiger partial charge in [0.2, 0.25) is 0 Å². The second-order valence-electron chi connectivity index (χ2n) is 5.34. The number of hydrogen-bond donors (Lipinski definition) is 2. The van der Waals surface area contributed by atoms with Gasteiger partial charge in [-0.3, -0.25) is 4.79 Å². The summed E-state index contributed by atoms with van der Waals surface area (Å²) in [6.45, 7) is 5.67. The van der Waals surface area contributed by atoms with Crippen molar-refractivity contribution >= 4 is 12.1 Å². The molecule has 1 unspecified atom stereocenters. The molecule has 0 spiro atoms. The van der Waals surface area contributed by atoms with Gasteiger partial charge in [-0.2, -0.15) is 5.10 Å². The third-order valence-electron chi connectivity index (χ3n) is 3.42. The Labute approximate surface area is 135 Å².